The van der Waals surface area contributed by atoms with Gasteiger partial charge in [-0.3, -0.25) is 4.79 Å². The van der Waals surface area contributed by atoms with Crippen LogP contribution in [0.4, 0.5) is 4.79 Å². The maximum atomic E-state index is 12.2. The first-order valence-electron chi connectivity index (χ1n) is 8.99. The Morgan fingerprint density at radius 2 is 2.00 bits per heavy atom. The van der Waals surface area contributed by atoms with Crippen LogP contribution in [0.15, 0.2) is 27.4 Å². The van der Waals surface area contributed by atoms with E-state index in [1.54, 1.807) is 13.0 Å². The highest BCUT2D eigenvalue weighted by molar-refractivity contribution is 5.84. The maximum Gasteiger partial charge on any atom is 0.339 e. The van der Waals surface area contributed by atoms with Crippen molar-refractivity contribution in [2.24, 2.45) is 5.73 Å². The van der Waals surface area contributed by atoms with Gasteiger partial charge in [0, 0.05) is 30.0 Å². The number of hydrogen-bond acceptors (Lipinski definition) is 6. The Balaban J connectivity index is 2.00. The normalized spacial score (nSPS) is 11.8. The smallest absolute Gasteiger partial charge is 0.339 e. The van der Waals surface area contributed by atoms with Crippen LogP contribution in [-0.4, -0.2) is 40.7 Å². The van der Waals surface area contributed by atoms with Gasteiger partial charge in [0.1, 0.15) is 17.4 Å². The van der Waals surface area contributed by atoms with Gasteiger partial charge in [-0.25, -0.2) is 14.4 Å². The molecule has 10 nitrogen and oxygen atoms in total. The van der Waals surface area contributed by atoms with Crippen molar-refractivity contribution in [3.8, 4) is 5.75 Å². The number of rotatable bonds is 9. The van der Waals surface area contributed by atoms with E-state index in [4.69, 9.17) is 10.2 Å². The van der Waals surface area contributed by atoms with E-state index in [0.29, 0.717) is 22.9 Å². The third-order valence-electron chi connectivity index (χ3n) is 4.48. The minimum absolute atomic E-state index is 0.0297. The number of carboxylic acids is 1. The predicted molar refractivity (Wildman–Crippen MR) is 104 cm³/mol. The van der Waals surface area contributed by atoms with E-state index in [9.17, 15) is 29.4 Å². The third-order valence-corrected chi connectivity index (χ3v) is 4.48. The lowest BCUT2D eigenvalue weighted by Crippen LogP contribution is -2.41. The fraction of sp³-hybridized carbons (Fsp3) is 0.368. The molecular weight excluding hydrogens is 382 g/mol. The van der Waals surface area contributed by atoms with Crippen LogP contribution < -0.4 is 22.0 Å². The van der Waals surface area contributed by atoms with Crippen LogP contribution >= 0.6 is 0 Å². The molecule has 0 bridgehead atoms. The van der Waals surface area contributed by atoms with Gasteiger partial charge in [-0.05, 0) is 43.9 Å². The largest absolute Gasteiger partial charge is 0.508 e. The number of urea groups is 1. The third kappa shape index (κ3) is 5.96. The average molecular weight is 405 g/mol. The average Bonchev–Trinajstić information content (AvgIpc) is 2.63. The molecule has 0 fully saturated rings. The number of carbonyl (C=O) groups is 3. The highest BCUT2D eigenvalue weighted by Crippen LogP contribution is 2.23. The van der Waals surface area contributed by atoms with Gasteiger partial charge < -0.3 is 31.0 Å². The molecule has 1 aromatic heterocycles. The topological polar surface area (TPSA) is 172 Å². The number of carbonyl (C=O) groups excluding carboxylic acids is 2. The van der Waals surface area contributed by atoms with Gasteiger partial charge in [-0.15, -0.1) is 0 Å². The summed E-state index contributed by atoms with van der Waals surface area (Å²) in [7, 11) is 0. The quantitative estimate of drug-likeness (QED) is 0.302. The Kier molecular flexibility index (Phi) is 7.18. The SMILES string of the molecule is Cc1c(CCC(=O)N[C@@H](CCCNC(N)=O)C(=O)O)c(=O)oc2cc(O)ccc12. The number of aryl methyl sites for hydroxylation is 1. The molecule has 156 valence electrons. The fourth-order valence-corrected chi connectivity index (χ4v) is 2.95. The molecule has 29 heavy (non-hydrogen) atoms. The molecule has 1 aromatic carbocycles. The molecule has 2 aromatic rings. The second kappa shape index (κ2) is 9.58. The Morgan fingerprint density at radius 3 is 2.66 bits per heavy atom. The minimum Gasteiger partial charge on any atom is -0.508 e. The summed E-state index contributed by atoms with van der Waals surface area (Å²) in [5, 5.41) is 24.1. The van der Waals surface area contributed by atoms with Crippen molar-refractivity contribution >= 4 is 28.9 Å². The van der Waals surface area contributed by atoms with Crippen molar-refractivity contribution in [2.45, 2.75) is 38.6 Å². The number of carboxylic acid groups (broad SMARTS) is 1. The number of phenols is 1. The van der Waals surface area contributed by atoms with E-state index in [1.165, 1.54) is 12.1 Å². The van der Waals surface area contributed by atoms with Crippen LogP contribution in [0.25, 0.3) is 11.0 Å². The highest BCUT2D eigenvalue weighted by atomic mass is 16.4. The molecule has 6 N–H and O–H groups in total. The number of amides is 3. The number of benzene rings is 1. The van der Waals surface area contributed by atoms with Crippen molar-refractivity contribution in [2.75, 3.05) is 6.54 Å². The van der Waals surface area contributed by atoms with Crippen LogP contribution in [0, 0.1) is 6.92 Å². The van der Waals surface area contributed by atoms with E-state index >= 15 is 0 Å². The first-order valence-corrected chi connectivity index (χ1v) is 8.99. The van der Waals surface area contributed by atoms with E-state index in [2.05, 4.69) is 10.6 Å². The van der Waals surface area contributed by atoms with Gasteiger partial charge in [-0.2, -0.15) is 0 Å². The number of nitrogens with two attached hydrogens (primary N) is 1. The van der Waals surface area contributed by atoms with E-state index in [0.717, 1.165) is 0 Å². The fourth-order valence-electron chi connectivity index (χ4n) is 2.95. The summed E-state index contributed by atoms with van der Waals surface area (Å²) in [6, 6.07) is 2.60. The van der Waals surface area contributed by atoms with E-state index < -0.39 is 29.6 Å². The van der Waals surface area contributed by atoms with Crippen molar-refractivity contribution < 1.29 is 29.0 Å². The van der Waals surface area contributed by atoms with Gasteiger partial charge >= 0.3 is 17.6 Å². The first kappa shape index (κ1) is 21.7. The van der Waals surface area contributed by atoms with Crippen LogP contribution in [0.3, 0.4) is 0 Å². The molecule has 1 atom stereocenters. The molecule has 0 spiro atoms. The summed E-state index contributed by atoms with van der Waals surface area (Å²) >= 11 is 0. The molecule has 2 rings (SSSR count). The number of hydrogen-bond donors (Lipinski definition) is 5. The standard InChI is InChI=1S/C19H23N3O7/c1-10-12-5-4-11(23)9-15(12)29-18(27)13(10)6-7-16(24)22-14(17(25)26)3-2-8-21-19(20)28/h4-5,9,14,23H,2-3,6-8H2,1H3,(H,22,24)(H,25,26)(H3,20,21,28)/t14-/m0/s1. The molecule has 0 saturated carbocycles. The van der Waals surface area contributed by atoms with Crippen LogP contribution in [0.2, 0.25) is 0 Å². The summed E-state index contributed by atoms with van der Waals surface area (Å²) < 4.78 is 5.20. The monoisotopic (exact) mass is 405 g/mol. The minimum atomic E-state index is -1.20. The molecule has 0 aliphatic carbocycles. The van der Waals surface area contributed by atoms with Gasteiger partial charge in [0.15, 0.2) is 0 Å². The zero-order valence-electron chi connectivity index (χ0n) is 15.9. The lowest BCUT2D eigenvalue weighted by atomic mass is 10.0. The summed E-state index contributed by atoms with van der Waals surface area (Å²) in [5.41, 5.74) is 5.52. The second-order valence-electron chi connectivity index (χ2n) is 6.57. The predicted octanol–water partition coefficient (Wildman–Crippen LogP) is 0.758. The molecular formula is C19H23N3O7. The van der Waals surface area contributed by atoms with Gasteiger partial charge in [0.25, 0.3) is 0 Å². The lowest BCUT2D eigenvalue weighted by molar-refractivity contribution is -0.142. The Hall–Kier alpha value is -3.56. The number of aromatic hydroxyl groups is 1. The molecule has 3 amide bonds. The van der Waals surface area contributed by atoms with E-state index in [-0.39, 0.29) is 37.1 Å². The molecule has 0 aliphatic heterocycles. The van der Waals surface area contributed by atoms with Crippen LogP contribution in [0.1, 0.15) is 30.4 Å². The zero-order chi connectivity index (χ0) is 21.6. The number of phenolic OH excluding ortho intramolecular Hbond substituents is 1. The lowest BCUT2D eigenvalue weighted by Gasteiger charge is -2.15. The number of aliphatic carboxylic acids is 1. The summed E-state index contributed by atoms with van der Waals surface area (Å²) in [4.78, 5) is 46.3. The maximum absolute atomic E-state index is 12.2. The molecule has 1 heterocycles. The molecule has 0 unspecified atom stereocenters. The van der Waals surface area contributed by atoms with Crippen LogP contribution in [-0.2, 0) is 16.0 Å². The number of nitrogens with one attached hydrogen (secondary N) is 2. The number of primary amides is 1. The first-order chi connectivity index (χ1) is 13.7. The molecule has 0 saturated heterocycles. The molecule has 10 heteroatoms. The van der Waals surface area contributed by atoms with Crippen molar-refractivity contribution in [1.29, 1.82) is 0 Å². The molecule has 0 radical (unpaired) electrons. The van der Waals surface area contributed by atoms with Gasteiger partial charge in [0.2, 0.25) is 5.91 Å². The van der Waals surface area contributed by atoms with Crippen molar-refractivity contribution in [3.63, 3.8) is 0 Å². The van der Waals surface area contributed by atoms with Gasteiger partial charge in [-0.1, -0.05) is 0 Å². The Morgan fingerprint density at radius 1 is 1.28 bits per heavy atom. The highest BCUT2D eigenvalue weighted by Gasteiger charge is 2.20. The summed E-state index contributed by atoms with van der Waals surface area (Å²) in [5.74, 6) is -1.75. The summed E-state index contributed by atoms with van der Waals surface area (Å²) in [6.07, 6.45) is 0.410. The zero-order valence-corrected chi connectivity index (χ0v) is 15.9. The van der Waals surface area contributed by atoms with E-state index in [1.807, 2.05) is 0 Å². The van der Waals surface area contributed by atoms with Crippen molar-refractivity contribution in [3.05, 3.63) is 39.7 Å². The van der Waals surface area contributed by atoms with Crippen LogP contribution in [0.5, 0.6) is 5.75 Å². The Bertz CT molecular complexity index is 984. The second-order valence-corrected chi connectivity index (χ2v) is 6.57. The van der Waals surface area contributed by atoms with Crippen molar-refractivity contribution in [1.82, 2.24) is 10.6 Å². The Labute approximate surface area is 165 Å². The number of fused-ring (bicyclic) bond motifs is 1. The molecule has 0 aliphatic rings. The summed E-state index contributed by atoms with van der Waals surface area (Å²) in [6.45, 7) is 1.91. The van der Waals surface area contributed by atoms with Gasteiger partial charge in [0.05, 0.1) is 0 Å².